The molecule has 0 heterocycles. The number of benzene rings is 1. The Morgan fingerprint density at radius 3 is 2.47 bits per heavy atom. The molecule has 0 aliphatic heterocycles. The number of carbonyl (C=O) groups is 1. The van der Waals surface area contributed by atoms with Gasteiger partial charge in [0.15, 0.2) is 0 Å². The Balaban J connectivity index is 2.18. The van der Waals surface area contributed by atoms with E-state index in [-0.39, 0.29) is 11.8 Å². The molecule has 1 amide bonds. The zero-order chi connectivity index (χ0) is 12.5. The monoisotopic (exact) mass is 251 g/mol. The molecule has 17 heavy (non-hydrogen) atoms. The molecule has 0 aliphatic rings. The summed E-state index contributed by atoms with van der Waals surface area (Å²) in [5.41, 5.74) is 0. The van der Waals surface area contributed by atoms with E-state index in [2.05, 4.69) is 31.3 Å². The molecule has 0 atom stereocenters. The lowest BCUT2D eigenvalue weighted by molar-refractivity contribution is -0.125. The van der Waals surface area contributed by atoms with Crippen LogP contribution in [0, 0.1) is 5.92 Å². The highest BCUT2D eigenvalue weighted by atomic mass is 32.2. The van der Waals surface area contributed by atoms with Crippen molar-refractivity contribution in [3.05, 3.63) is 30.3 Å². The van der Waals surface area contributed by atoms with Gasteiger partial charge in [-0.2, -0.15) is 0 Å². The first-order valence-electron chi connectivity index (χ1n) is 6.23. The van der Waals surface area contributed by atoms with Crippen LogP contribution in [-0.2, 0) is 4.79 Å². The van der Waals surface area contributed by atoms with Crippen molar-refractivity contribution in [1.29, 1.82) is 0 Å². The fourth-order valence-corrected chi connectivity index (χ4v) is 2.45. The second-order valence-electron chi connectivity index (χ2n) is 3.97. The maximum Gasteiger partial charge on any atom is 0.223 e. The minimum atomic E-state index is 0.178. The molecule has 0 fully saturated rings. The maximum absolute atomic E-state index is 11.7. The van der Waals surface area contributed by atoms with Crippen LogP contribution in [0.15, 0.2) is 35.2 Å². The number of rotatable bonds is 7. The van der Waals surface area contributed by atoms with Gasteiger partial charge in [0.1, 0.15) is 0 Å². The molecule has 0 bridgehead atoms. The normalized spacial score (nSPS) is 10.5. The van der Waals surface area contributed by atoms with Gasteiger partial charge in [-0.15, -0.1) is 11.8 Å². The third kappa shape index (κ3) is 5.26. The highest BCUT2D eigenvalue weighted by molar-refractivity contribution is 7.99. The maximum atomic E-state index is 11.7. The van der Waals surface area contributed by atoms with Crippen LogP contribution in [0.4, 0.5) is 0 Å². The Bertz CT molecular complexity index is 322. The number of carbonyl (C=O) groups excluding carboxylic acids is 1. The van der Waals surface area contributed by atoms with Gasteiger partial charge in [-0.05, 0) is 25.0 Å². The minimum absolute atomic E-state index is 0.178. The lowest BCUT2D eigenvalue weighted by Crippen LogP contribution is -2.31. The lowest BCUT2D eigenvalue weighted by Gasteiger charge is -2.12. The zero-order valence-electron chi connectivity index (χ0n) is 10.6. The summed E-state index contributed by atoms with van der Waals surface area (Å²) in [6.45, 7) is 4.87. The number of hydrogen-bond donors (Lipinski definition) is 1. The first kappa shape index (κ1) is 14.1. The minimum Gasteiger partial charge on any atom is -0.355 e. The molecule has 0 saturated heterocycles. The Morgan fingerprint density at radius 2 is 1.88 bits per heavy atom. The average molecular weight is 251 g/mol. The summed E-state index contributed by atoms with van der Waals surface area (Å²) in [6, 6.07) is 10.3. The summed E-state index contributed by atoms with van der Waals surface area (Å²) in [5, 5.41) is 3.00. The van der Waals surface area contributed by atoms with Crippen LogP contribution in [0.1, 0.15) is 26.7 Å². The van der Waals surface area contributed by atoms with Crippen LogP contribution in [0.2, 0.25) is 0 Å². The predicted molar refractivity (Wildman–Crippen MR) is 74.2 cm³/mol. The Morgan fingerprint density at radius 1 is 1.24 bits per heavy atom. The van der Waals surface area contributed by atoms with Crippen LogP contribution in [-0.4, -0.2) is 18.2 Å². The van der Waals surface area contributed by atoms with E-state index in [1.165, 1.54) is 4.90 Å². The van der Waals surface area contributed by atoms with Crippen molar-refractivity contribution in [3.8, 4) is 0 Å². The standard InChI is InChI=1S/C14H21NOS/c1-3-12(4-2)14(16)15-10-11-17-13-8-6-5-7-9-13/h5-9,12H,3-4,10-11H2,1-2H3,(H,15,16). The zero-order valence-corrected chi connectivity index (χ0v) is 11.4. The number of hydrogen-bond acceptors (Lipinski definition) is 2. The van der Waals surface area contributed by atoms with E-state index < -0.39 is 0 Å². The largest absolute Gasteiger partial charge is 0.355 e. The summed E-state index contributed by atoms with van der Waals surface area (Å²) in [4.78, 5) is 13.0. The highest BCUT2D eigenvalue weighted by Crippen LogP contribution is 2.16. The van der Waals surface area contributed by atoms with Crippen molar-refractivity contribution in [2.75, 3.05) is 12.3 Å². The first-order chi connectivity index (χ1) is 8.27. The third-order valence-corrected chi connectivity index (χ3v) is 3.78. The third-order valence-electron chi connectivity index (χ3n) is 2.77. The van der Waals surface area contributed by atoms with Crippen molar-refractivity contribution in [1.82, 2.24) is 5.32 Å². The van der Waals surface area contributed by atoms with E-state index in [1.54, 1.807) is 11.8 Å². The summed E-state index contributed by atoms with van der Waals surface area (Å²) < 4.78 is 0. The lowest BCUT2D eigenvalue weighted by atomic mass is 10.0. The second kappa shape index (κ2) is 8.18. The van der Waals surface area contributed by atoms with E-state index in [9.17, 15) is 4.79 Å². The van der Waals surface area contributed by atoms with Crippen molar-refractivity contribution in [3.63, 3.8) is 0 Å². The first-order valence-corrected chi connectivity index (χ1v) is 7.22. The van der Waals surface area contributed by atoms with Crippen LogP contribution in [0.3, 0.4) is 0 Å². The summed E-state index contributed by atoms with van der Waals surface area (Å²) in [7, 11) is 0. The molecule has 3 heteroatoms. The summed E-state index contributed by atoms with van der Waals surface area (Å²) >= 11 is 1.77. The van der Waals surface area contributed by atoms with Gasteiger partial charge < -0.3 is 5.32 Å². The molecule has 1 aromatic rings. The predicted octanol–water partition coefficient (Wildman–Crippen LogP) is 3.33. The molecular formula is C14H21NOS. The fraction of sp³-hybridized carbons (Fsp3) is 0.500. The van der Waals surface area contributed by atoms with Crippen LogP contribution < -0.4 is 5.32 Å². The molecule has 0 spiro atoms. The van der Waals surface area contributed by atoms with Crippen LogP contribution >= 0.6 is 11.8 Å². The van der Waals surface area contributed by atoms with Crippen molar-refractivity contribution in [2.45, 2.75) is 31.6 Å². The van der Waals surface area contributed by atoms with Crippen molar-refractivity contribution < 1.29 is 4.79 Å². The SMILES string of the molecule is CCC(CC)C(=O)NCCSc1ccccc1. The van der Waals surface area contributed by atoms with E-state index in [0.717, 1.165) is 25.1 Å². The number of thioether (sulfide) groups is 1. The molecule has 0 radical (unpaired) electrons. The van der Waals surface area contributed by atoms with Gasteiger partial charge in [-0.25, -0.2) is 0 Å². The molecule has 2 nitrogen and oxygen atoms in total. The molecule has 1 N–H and O–H groups in total. The Kier molecular flexibility index (Phi) is 6.78. The van der Waals surface area contributed by atoms with Crippen LogP contribution in [0.5, 0.6) is 0 Å². The van der Waals surface area contributed by atoms with Crippen LogP contribution in [0.25, 0.3) is 0 Å². The van der Waals surface area contributed by atoms with Gasteiger partial charge in [0.05, 0.1) is 0 Å². The smallest absolute Gasteiger partial charge is 0.223 e. The fourth-order valence-electron chi connectivity index (χ4n) is 1.66. The molecular weight excluding hydrogens is 230 g/mol. The second-order valence-corrected chi connectivity index (χ2v) is 5.13. The number of amides is 1. The topological polar surface area (TPSA) is 29.1 Å². The van der Waals surface area contributed by atoms with Gasteiger partial charge in [0.2, 0.25) is 5.91 Å². The van der Waals surface area contributed by atoms with E-state index in [1.807, 2.05) is 18.2 Å². The number of nitrogens with one attached hydrogen (secondary N) is 1. The highest BCUT2D eigenvalue weighted by Gasteiger charge is 2.12. The van der Waals surface area contributed by atoms with Gasteiger partial charge in [0.25, 0.3) is 0 Å². The van der Waals surface area contributed by atoms with Gasteiger partial charge in [-0.1, -0.05) is 32.0 Å². The Hall–Kier alpha value is -0.960. The Labute approximate surface area is 108 Å². The molecule has 1 aromatic carbocycles. The molecule has 0 aliphatic carbocycles. The van der Waals surface area contributed by atoms with Crippen molar-refractivity contribution >= 4 is 17.7 Å². The van der Waals surface area contributed by atoms with Gasteiger partial charge in [0, 0.05) is 23.1 Å². The van der Waals surface area contributed by atoms with E-state index in [0.29, 0.717) is 0 Å². The summed E-state index contributed by atoms with van der Waals surface area (Å²) in [6.07, 6.45) is 1.85. The van der Waals surface area contributed by atoms with Gasteiger partial charge >= 0.3 is 0 Å². The quantitative estimate of drug-likeness (QED) is 0.595. The van der Waals surface area contributed by atoms with E-state index in [4.69, 9.17) is 0 Å². The molecule has 0 saturated carbocycles. The van der Waals surface area contributed by atoms with Crippen molar-refractivity contribution in [2.24, 2.45) is 5.92 Å². The average Bonchev–Trinajstić information content (AvgIpc) is 2.37. The molecule has 94 valence electrons. The molecule has 1 rings (SSSR count). The molecule has 0 unspecified atom stereocenters. The van der Waals surface area contributed by atoms with E-state index >= 15 is 0 Å². The molecule has 0 aromatic heterocycles. The summed E-state index contributed by atoms with van der Waals surface area (Å²) in [5.74, 6) is 1.30. The van der Waals surface area contributed by atoms with Gasteiger partial charge in [-0.3, -0.25) is 4.79 Å².